The molecule has 33 heavy (non-hydrogen) atoms. The number of carboxylic acid groups (broad SMARTS) is 1. The molecule has 0 saturated heterocycles. The van der Waals surface area contributed by atoms with Crippen molar-refractivity contribution in [3.63, 3.8) is 0 Å². The minimum atomic E-state index is -1.07. The van der Waals surface area contributed by atoms with Crippen molar-refractivity contribution >= 4 is 29.4 Å². The maximum absolute atomic E-state index is 13.2. The number of carboxylic acids is 1. The molecule has 1 aliphatic heterocycles. The van der Waals surface area contributed by atoms with E-state index in [0.29, 0.717) is 40.6 Å². The lowest BCUT2D eigenvalue weighted by Gasteiger charge is -2.14. The van der Waals surface area contributed by atoms with E-state index in [1.807, 2.05) is 42.5 Å². The first-order valence-corrected chi connectivity index (χ1v) is 10.3. The van der Waals surface area contributed by atoms with Crippen molar-refractivity contribution in [1.29, 1.82) is 0 Å². The number of methoxy groups -OCH3 is 1. The Labute approximate surface area is 191 Å². The standard InChI is InChI=1S/C26H22N2O5/c1-17-22(25(29)28(27-17)21-12-6-11-20(14-21)26(30)31)15-19-10-7-13-23(32-2)24(19)33-16-18-8-4-3-5-9-18/h3-15H,16H2,1-2H3,(H,30,31). The number of hydrogen-bond acceptors (Lipinski definition) is 5. The fourth-order valence-corrected chi connectivity index (χ4v) is 3.48. The Morgan fingerprint density at radius 1 is 1.06 bits per heavy atom. The first kappa shape index (κ1) is 21.8. The molecule has 0 unspecified atom stereocenters. The van der Waals surface area contributed by atoms with E-state index in [1.54, 1.807) is 38.3 Å². The van der Waals surface area contributed by atoms with Gasteiger partial charge in [0.1, 0.15) is 6.61 Å². The number of ether oxygens (including phenoxy) is 2. The predicted molar refractivity (Wildman–Crippen MR) is 126 cm³/mol. The SMILES string of the molecule is COc1cccc(C=C2C(=O)N(c3cccc(C(=O)O)c3)N=C2C)c1OCc1ccccc1. The number of nitrogens with zero attached hydrogens (tertiary/aromatic N) is 2. The van der Waals surface area contributed by atoms with Gasteiger partial charge in [-0.25, -0.2) is 4.79 Å². The normalized spacial score (nSPS) is 14.4. The third-order valence-electron chi connectivity index (χ3n) is 5.16. The highest BCUT2D eigenvalue weighted by Gasteiger charge is 2.29. The molecule has 0 fully saturated rings. The summed E-state index contributed by atoms with van der Waals surface area (Å²) >= 11 is 0. The van der Waals surface area contributed by atoms with E-state index in [4.69, 9.17) is 9.47 Å². The molecule has 7 heteroatoms. The van der Waals surface area contributed by atoms with E-state index in [1.165, 1.54) is 17.1 Å². The van der Waals surface area contributed by atoms with Crippen molar-refractivity contribution in [1.82, 2.24) is 0 Å². The van der Waals surface area contributed by atoms with Crippen LogP contribution in [0.15, 0.2) is 83.5 Å². The molecule has 0 saturated carbocycles. The molecule has 1 aliphatic rings. The summed E-state index contributed by atoms with van der Waals surface area (Å²) in [6.45, 7) is 2.07. The highest BCUT2D eigenvalue weighted by Crippen LogP contribution is 2.35. The lowest BCUT2D eigenvalue weighted by atomic mass is 10.1. The van der Waals surface area contributed by atoms with Crippen LogP contribution in [0, 0.1) is 0 Å². The van der Waals surface area contributed by atoms with Gasteiger partial charge >= 0.3 is 5.97 Å². The fourth-order valence-electron chi connectivity index (χ4n) is 3.48. The van der Waals surface area contributed by atoms with Gasteiger partial charge in [-0.05, 0) is 42.8 Å². The molecule has 3 aromatic carbocycles. The first-order valence-electron chi connectivity index (χ1n) is 10.3. The molecule has 0 bridgehead atoms. The van der Waals surface area contributed by atoms with E-state index < -0.39 is 5.97 Å². The van der Waals surface area contributed by atoms with Gasteiger partial charge in [0, 0.05) is 5.56 Å². The Morgan fingerprint density at radius 3 is 2.55 bits per heavy atom. The van der Waals surface area contributed by atoms with Crippen LogP contribution < -0.4 is 14.5 Å². The molecule has 3 aromatic rings. The van der Waals surface area contributed by atoms with E-state index in [0.717, 1.165) is 5.56 Å². The van der Waals surface area contributed by atoms with Gasteiger partial charge in [0.05, 0.1) is 29.6 Å². The van der Waals surface area contributed by atoms with E-state index in [2.05, 4.69) is 5.10 Å². The summed E-state index contributed by atoms with van der Waals surface area (Å²) in [5, 5.41) is 14.8. The maximum atomic E-state index is 13.2. The van der Waals surface area contributed by atoms with Crippen molar-refractivity contribution in [2.24, 2.45) is 5.10 Å². The lowest BCUT2D eigenvalue weighted by molar-refractivity contribution is -0.114. The largest absolute Gasteiger partial charge is 0.493 e. The van der Waals surface area contributed by atoms with E-state index in [9.17, 15) is 14.7 Å². The van der Waals surface area contributed by atoms with Crippen LogP contribution in [-0.2, 0) is 11.4 Å². The van der Waals surface area contributed by atoms with Gasteiger partial charge in [-0.3, -0.25) is 4.79 Å². The Balaban J connectivity index is 1.66. The number of anilines is 1. The zero-order valence-corrected chi connectivity index (χ0v) is 18.2. The third kappa shape index (κ3) is 4.62. The molecule has 1 N–H and O–H groups in total. The molecule has 0 spiro atoms. The van der Waals surface area contributed by atoms with Gasteiger partial charge in [0.2, 0.25) is 0 Å². The average Bonchev–Trinajstić information content (AvgIpc) is 3.12. The van der Waals surface area contributed by atoms with Crippen molar-refractivity contribution in [2.45, 2.75) is 13.5 Å². The molecule has 0 aromatic heterocycles. The number of carbonyl (C=O) groups excluding carboxylic acids is 1. The Bertz CT molecular complexity index is 1260. The minimum absolute atomic E-state index is 0.0787. The number of hydrogen-bond donors (Lipinski definition) is 1. The van der Waals surface area contributed by atoms with E-state index in [-0.39, 0.29) is 11.5 Å². The summed E-state index contributed by atoms with van der Waals surface area (Å²) in [5.74, 6) is -0.363. The van der Waals surface area contributed by atoms with Crippen LogP contribution in [0.4, 0.5) is 5.69 Å². The topological polar surface area (TPSA) is 88.4 Å². The van der Waals surface area contributed by atoms with Gasteiger partial charge in [0.25, 0.3) is 5.91 Å². The summed E-state index contributed by atoms with van der Waals surface area (Å²) in [5.41, 5.74) is 3.03. The molecule has 166 valence electrons. The van der Waals surface area contributed by atoms with Crippen LogP contribution in [0.3, 0.4) is 0 Å². The molecular weight excluding hydrogens is 420 g/mol. The third-order valence-corrected chi connectivity index (χ3v) is 5.16. The van der Waals surface area contributed by atoms with Crippen LogP contribution in [-0.4, -0.2) is 29.8 Å². The molecule has 0 aliphatic carbocycles. The number of hydrazone groups is 1. The first-order chi connectivity index (χ1) is 16.0. The summed E-state index contributed by atoms with van der Waals surface area (Å²) in [4.78, 5) is 24.5. The number of amides is 1. The molecule has 0 atom stereocenters. The summed E-state index contributed by atoms with van der Waals surface area (Å²) in [7, 11) is 1.56. The van der Waals surface area contributed by atoms with Crippen LogP contribution in [0.2, 0.25) is 0 Å². The smallest absolute Gasteiger partial charge is 0.335 e. The van der Waals surface area contributed by atoms with Crippen LogP contribution in [0.5, 0.6) is 11.5 Å². The van der Waals surface area contributed by atoms with Gasteiger partial charge in [-0.15, -0.1) is 0 Å². The van der Waals surface area contributed by atoms with Crippen molar-refractivity contribution in [2.75, 3.05) is 12.1 Å². The van der Waals surface area contributed by atoms with E-state index >= 15 is 0 Å². The van der Waals surface area contributed by atoms with Crippen LogP contribution >= 0.6 is 0 Å². The predicted octanol–water partition coefficient (Wildman–Crippen LogP) is 4.78. The number of para-hydroxylation sites is 1. The van der Waals surface area contributed by atoms with Gasteiger partial charge in [-0.2, -0.15) is 10.1 Å². The van der Waals surface area contributed by atoms with Crippen LogP contribution in [0.1, 0.15) is 28.4 Å². The maximum Gasteiger partial charge on any atom is 0.335 e. The highest BCUT2D eigenvalue weighted by molar-refractivity contribution is 6.32. The number of benzene rings is 3. The molecule has 1 amide bonds. The molecule has 7 nitrogen and oxygen atoms in total. The zero-order chi connectivity index (χ0) is 23.4. The quantitative estimate of drug-likeness (QED) is 0.532. The number of aromatic carboxylic acids is 1. The summed E-state index contributed by atoms with van der Waals surface area (Å²) in [6, 6.07) is 21.3. The summed E-state index contributed by atoms with van der Waals surface area (Å²) < 4.78 is 11.6. The summed E-state index contributed by atoms with van der Waals surface area (Å²) in [6.07, 6.45) is 1.71. The minimum Gasteiger partial charge on any atom is -0.493 e. The monoisotopic (exact) mass is 442 g/mol. The second-order valence-corrected chi connectivity index (χ2v) is 7.37. The average molecular weight is 442 g/mol. The Morgan fingerprint density at radius 2 is 1.82 bits per heavy atom. The number of rotatable bonds is 7. The van der Waals surface area contributed by atoms with Crippen LogP contribution in [0.25, 0.3) is 6.08 Å². The molecular formula is C26H22N2O5. The second-order valence-electron chi connectivity index (χ2n) is 7.37. The Kier molecular flexibility index (Phi) is 6.22. The van der Waals surface area contributed by atoms with Gasteiger partial charge in [-0.1, -0.05) is 48.5 Å². The zero-order valence-electron chi connectivity index (χ0n) is 18.2. The molecule has 0 radical (unpaired) electrons. The lowest BCUT2D eigenvalue weighted by Crippen LogP contribution is -2.21. The van der Waals surface area contributed by atoms with Crippen molar-refractivity contribution in [3.8, 4) is 11.5 Å². The second kappa shape index (κ2) is 9.40. The van der Waals surface area contributed by atoms with Gasteiger partial charge in [0.15, 0.2) is 11.5 Å². The fraction of sp³-hybridized carbons (Fsp3) is 0.115. The number of carbonyl (C=O) groups is 2. The van der Waals surface area contributed by atoms with Crippen molar-refractivity contribution < 1.29 is 24.2 Å². The van der Waals surface area contributed by atoms with Crippen molar-refractivity contribution in [3.05, 3.63) is 95.1 Å². The molecule has 1 heterocycles. The highest BCUT2D eigenvalue weighted by atomic mass is 16.5. The van der Waals surface area contributed by atoms with Gasteiger partial charge < -0.3 is 14.6 Å². The Hall–Kier alpha value is -4.39. The molecule has 4 rings (SSSR count).